The number of carboxylic acid groups (broad SMARTS) is 1. The zero-order valence-corrected chi connectivity index (χ0v) is 12.8. The van der Waals surface area contributed by atoms with Gasteiger partial charge >= 0.3 is 0 Å². The summed E-state index contributed by atoms with van der Waals surface area (Å²) in [6, 6.07) is 13.4. The standard InChI is InChI=1S/C18H16N2O3/c1-11(2)16-19-14-9-5-6-10-15(14)20(16)17(21)12-7-3-4-8-13(12)18(22)23/h3-11H,1-2H3,(H,22,23)/p-1. The first-order chi connectivity index (χ1) is 11.0. The van der Waals surface area contributed by atoms with Crippen molar-refractivity contribution in [1.82, 2.24) is 9.55 Å². The highest BCUT2D eigenvalue weighted by Gasteiger charge is 2.21. The molecule has 0 fully saturated rings. The second-order valence-electron chi connectivity index (χ2n) is 5.59. The number of benzene rings is 2. The van der Waals surface area contributed by atoms with E-state index in [4.69, 9.17) is 0 Å². The van der Waals surface area contributed by atoms with Gasteiger partial charge in [-0.3, -0.25) is 9.36 Å². The van der Waals surface area contributed by atoms with Crippen LogP contribution in [0, 0.1) is 0 Å². The molecule has 0 N–H and O–H groups in total. The van der Waals surface area contributed by atoms with E-state index in [0.29, 0.717) is 16.9 Å². The third-order valence-electron chi connectivity index (χ3n) is 3.68. The van der Waals surface area contributed by atoms with Crippen LogP contribution in [0.4, 0.5) is 0 Å². The van der Waals surface area contributed by atoms with E-state index < -0.39 is 11.9 Å². The van der Waals surface area contributed by atoms with Crippen molar-refractivity contribution < 1.29 is 14.7 Å². The summed E-state index contributed by atoms with van der Waals surface area (Å²) in [6.45, 7) is 3.88. The molecule has 2 aromatic carbocycles. The molecule has 0 atom stereocenters. The van der Waals surface area contributed by atoms with Gasteiger partial charge in [0, 0.05) is 17.0 Å². The fourth-order valence-electron chi connectivity index (χ4n) is 2.61. The predicted molar refractivity (Wildman–Crippen MR) is 84.3 cm³/mol. The summed E-state index contributed by atoms with van der Waals surface area (Å²) in [6.07, 6.45) is 0. The van der Waals surface area contributed by atoms with Gasteiger partial charge in [-0.05, 0) is 18.2 Å². The summed E-state index contributed by atoms with van der Waals surface area (Å²) in [4.78, 5) is 28.8. The molecule has 5 heteroatoms. The minimum atomic E-state index is -1.37. The van der Waals surface area contributed by atoms with Crippen LogP contribution in [0.25, 0.3) is 11.0 Å². The van der Waals surface area contributed by atoms with Gasteiger partial charge < -0.3 is 9.90 Å². The normalized spacial score (nSPS) is 11.1. The van der Waals surface area contributed by atoms with Crippen molar-refractivity contribution in [2.75, 3.05) is 0 Å². The number of carboxylic acids is 1. The molecule has 0 aliphatic rings. The smallest absolute Gasteiger partial charge is 0.264 e. The van der Waals surface area contributed by atoms with E-state index in [-0.39, 0.29) is 17.0 Å². The maximum Gasteiger partial charge on any atom is 0.264 e. The number of carbonyl (C=O) groups is 2. The molecule has 1 aromatic heterocycles. The SMILES string of the molecule is CC(C)c1nc2ccccc2n1C(=O)c1ccccc1C(=O)[O-]. The lowest BCUT2D eigenvalue weighted by Gasteiger charge is -2.13. The molecular formula is C18H15N2O3-. The van der Waals surface area contributed by atoms with Crippen molar-refractivity contribution in [2.45, 2.75) is 19.8 Å². The van der Waals surface area contributed by atoms with Crippen molar-refractivity contribution in [1.29, 1.82) is 0 Å². The lowest BCUT2D eigenvalue weighted by atomic mass is 10.1. The average molecular weight is 307 g/mol. The molecule has 0 bridgehead atoms. The Hall–Kier alpha value is -2.95. The first-order valence-corrected chi connectivity index (χ1v) is 7.33. The van der Waals surface area contributed by atoms with Gasteiger partial charge in [-0.1, -0.05) is 44.2 Å². The largest absolute Gasteiger partial charge is 0.545 e. The topological polar surface area (TPSA) is 75.0 Å². The highest BCUT2D eigenvalue weighted by atomic mass is 16.4. The highest BCUT2D eigenvalue weighted by Crippen LogP contribution is 2.24. The fourth-order valence-corrected chi connectivity index (χ4v) is 2.61. The average Bonchev–Trinajstić information content (AvgIpc) is 2.94. The maximum absolute atomic E-state index is 13.0. The van der Waals surface area contributed by atoms with E-state index >= 15 is 0 Å². The number of hydrogen-bond acceptors (Lipinski definition) is 4. The lowest BCUT2D eigenvalue weighted by molar-refractivity contribution is -0.255. The van der Waals surface area contributed by atoms with Gasteiger partial charge in [0.25, 0.3) is 5.91 Å². The molecule has 0 aliphatic carbocycles. The molecule has 0 amide bonds. The van der Waals surface area contributed by atoms with Crippen LogP contribution in [0.3, 0.4) is 0 Å². The summed E-state index contributed by atoms with van der Waals surface area (Å²) in [7, 11) is 0. The van der Waals surface area contributed by atoms with E-state index in [9.17, 15) is 14.7 Å². The van der Waals surface area contributed by atoms with Gasteiger partial charge in [-0.2, -0.15) is 0 Å². The lowest BCUT2D eigenvalue weighted by Crippen LogP contribution is -2.27. The Labute approximate surface area is 133 Å². The molecule has 0 radical (unpaired) electrons. The van der Waals surface area contributed by atoms with Crippen LogP contribution in [0.1, 0.15) is 46.3 Å². The van der Waals surface area contributed by atoms with E-state index in [0.717, 1.165) is 0 Å². The van der Waals surface area contributed by atoms with Crippen molar-refractivity contribution in [3.8, 4) is 0 Å². The molecule has 0 saturated carbocycles. The molecule has 116 valence electrons. The van der Waals surface area contributed by atoms with Crippen LogP contribution in [-0.4, -0.2) is 21.4 Å². The first-order valence-electron chi connectivity index (χ1n) is 7.33. The number of imidazole rings is 1. The Balaban J connectivity index is 2.26. The molecule has 23 heavy (non-hydrogen) atoms. The van der Waals surface area contributed by atoms with Crippen molar-refractivity contribution in [2.24, 2.45) is 0 Å². The summed E-state index contributed by atoms with van der Waals surface area (Å²) in [5, 5.41) is 11.3. The van der Waals surface area contributed by atoms with Gasteiger partial charge in [0.1, 0.15) is 5.82 Å². The molecular weight excluding hydrogens is 292 g/mol. The van der Waals surface area contributed by atoms with Crippen LogP contribution in [-0.2, 0) is 0 Å². The van der Waals surface area contributed by atoms with Gasteiger partial charge in [0.15, 0.2) is 0 Å². The number of aromatic carboxylic acids is 1. The van der Waals surface area contributed by atoms with Crippen LogP contribution in [0.5, 0.6) is 0 Å². The minimum absolute atomic E-state index is 0.0152. The second-order valence-corrected chi connectivity index (χ2v) is 5.59. The van der Waals surface area contributed by atoms with Crippen LogP contribution >= 0.6 is 0 Å². The molecule has 3 aromatic rings. The number of carbonyl (C=O) groups excluding carboxylic acids is 2. The third-order valence-corrected chi connectivity index (χ3v) is 3.68. The molecule has 0 saturated heterocycles. The molecule has 0 aliphatic heterocycles. The number of rotatable bonds is 3. The van der Waals surface area contributed by atoms with E-state index in [1.54, 1.807) is 18.2 Å². The van der Waals surface area contributed by atoms with Crippen molar-refractivity contribution in [3.05, 3.63) is 65.5 Å². The van der Waals surface area contributed by atoms with Gasteiger partial charge in [-0.25, -0.2) is 4.98 Å². The van der Waals surface area contributed by atoms with Gasteiger partial charge in [0.2, 0.25) is 0 Å². The number of fused-ring (bicyclic) bond motifs is 1. The van der Waals surface area contributed by atoms with Gasteiger partial charge in [-0.15, -0.1) is 0 Å². The monoisotopic (exact) mass is 307 g/mol. The molecule has 3 rings (SSSR count). The number of para-hydroxylation sites is 2. The van der Waals surface area contributed by atoms with Crippen LogP contribution in [0.15, 0.2) is 48.5 Å². The predicted octanol–water partition coefficient (Wildman–Crippen LogP) is 2.21. The van der Waals surface area contributed by atoms with E-state index in [2.05, 4.69) is 4.98 Å². The van der Waals surface area contributed by atoms with Crippen LogP contribution < -0.4 is 5.11 Å². The molecule has 5 nitrogen and oxygen atoms in total. The first kappa shape index (κ1) is 15.0. The number of nitrogens with zero attached hydrogens (tertiary/aromatic N) is 2. The highest BCUT2D eigenvalue weighted by molar-refractivity contribution is 6.08. The Bertz CT molecular complexity index is 910. The zero-order valence-electron chi connectivity index (χ0n) is 12.8. The summed E-state index contributed by atoms with van der Waals surface area (Å²) >= 11 is 0. The minimum Gasteiger partial charge on any atom is -0.545 e. The fraction of sp³-hybridized carbons (Fsp3) is 0.167. The Morgan fingerprint density at radius 1 is 1.00 bits per heavy atom. The summed E-state index contributed by atoms with van der Waals surface area (Å²) in [5.74, 6) is -1.17. The zero-order chi connectivity index (χ0) is 16.6. The number of aromatic nitrogens is 2. The summed E-state index contributed by atoms with van der Waals surface area (Å²) < 4.78 is 1.49. The maximum atomic E-state index is 13.0. The molecule has 1 heterocycles. The summed E-state index contributed by atoms with van der Waals surface area (Å²) in [5.41, 5.74) is 1.34. The Morgan fingerprint density at radius 3 is 2.26 bits per heavy atom. The van der Waals surface area contributed by atoms with Crippen molar-refractivity contribution in [3.63, 3.8) is 0 Å². The molecule has 0 spiro atoms. The Morgan fingerprint density at radius 2 is 1.61 bits per heavy atom. The van der Waals surface area contributed by atoms with Crippen molar-refractivity contribution >= 4 is 22.9 Å². The number of hydrogen-bond donors (Lipinski definition) is 0. The van der Waals surface area contributed by atoms with E-state index in [1.165, 1.54) is 16.7 Å². The molecule has 0 unspecified atom stereocenters. The van der Waals surface area contributed by atoms with Gasteiger partial charge in [0.05, 0.1) is 17.0 Å². The van der Waals surface area contributed by atoms with E-state index in [1.807, 2.05) is 32.0 Å². The van der Waals surface area contributed by atoms with Crippen LogP contribution in [0.2, 0.25) is 0 Å². The second kappa shape index (κ2) is 5.68. The third kappa shape index (κ3) is 2.50. The Kier molecular flexibility index (Phi) is 3.70. The quantitative estimate of drug-likeness (QED) is 0.743.